The average molecular weight is 1070 g/mol. The first-order valence-electron chi connectivity index (χ1n) is 27.2. The highest BCUT2D eigenvalue weighted by atomic mass is 31.1. The molecule has 0 aliphatic carbocycles. The van der Waals surface area contributed by atoms with Crippen LogP contribution >= 0.6 is 16.5 Å². The van der Waals surface area contributed by atoms with Crippen molar-refractivity contribution in [1.82, 2.24) is 0 Å². The topological polar surface area (TPSA) is 93.1 Å². The van der Waals surface area contributed by atoms with E-state index in [0.717, 1.165) is 66.8 Å². The molecule has 6 rings (SSSR count). The zero-order chi connectivity index (χ0) is 57.4. The smallest absolute Gasteiger partial charge is 0.365 e. The molecular weight excluding hydrogens is 975 g/mol. The summed E-state index contributed by atoms with van der Waals surface area (Å²) in [5.74, 6) is 0.606. The van der Waals surface area contributed by atoms with Crippen molar-refractivity contribution >= 4 is 16.5 Å². The molecule has 6 aromatic carbocycles. The summed E-state index contributed by atoms with van der Waals surface area (Å²) < 4.78 is 39.0. The van der Waals surface area contributed by atoms with Gasteiger partial charge in [0.1, 0.15) is 11.5 Å². The Morgan fingerprint density at radius 1 is 0.303 bits per heavy atom. The van der Waals surface area contributed by atoms with Crippen molar-refractivity contribution in [2.75, 3.05) is 0 Å². The van der Waals surface area contributed by atoms with Crippen molar-refractivity contribution in [3.63, 3.8) is 0 Å². The van der Waals surface area contributed by atoms with Crippen molar-refractivity contribution in [1.29, 1.82) is 0 Å². The van der Waals surface area contributed by atoms with Crippen molar-refractivity contribution in [2.24, 2.45) is 0 Å². The second-order valence-corrected chi connectivity index (χ2v) is 31.0. The average Bonchev–Trinajstić information content (AvgIpc) is 3.25. The third-order valence-electron chi connectivity index (χ3n) is 14.8. The van der Waals surface area contributed by atoms with E-state index in [0.29, 0.717) is 16.9 Å². The Bertz CT molecular complexity index is 3010. The Kier molecular flexibility index (Phi) is 16.6. The molecule has 0 aromatic heterocycles. The lowest BCUT2D eigenvalue weighted by atomic mass is 9.68. The van der Waals surface area contributed by atoms with E-state index in [-0.39, 0.29) is 27.4 Å². The Morgan fingerprint density at radius 3 is 0.776 bits per heavy atom. The fourth-order valence-corrected chi connectivity index (χ4v) is 11.2. The molecule has 2 atom stereocenters. The van der Waals surface area contributed by atoms with E-state index in [1.165, 1.54) is 22.3 Å². The van der Waals surface area contributed by atoms with Crippen LogP contribution < -0.4 is 9.05 Å². The molecule has 6 aromatic rings. The second-order valence-electron chi connectivity index (χ2n) is 29.5. The van der Waals surface area contributed by atoms with Gasteiger partial charge in [-0.05, 0) is 133 Å². The number of benzene rings is 6. The molecule has 0 radical (unpaired) electrons. The van der Waals surface area contributed by atoms with Gasteiger partial charge in [-0.15, -0.1) is 0 Å². The van der Waals surface area contributed by atoms with Gasteiger partial charge in [-0.1, -0.05) is 251 Å². The minimum atomic E-state index is -3.74. The van der Waals surface area contributed by atoms with Crippen LogP contribution in [0, 0.1) is 0 Å². The fraction of sp³-hybridized carbons (Fsp3) is 0.471. The summed E-state index contributed by atoms with van der Waals surface area (Å²) in [5, 5.41) is 0. The summed E-state index contributed by atoms with van der Waals surface area (Å²) in [6, 6.07) is 34.8. The Morgan fingerprint density at radius 2 is 0.553 bits per heavy atom. The van der Waals surface area contributed by atoms with E-state index < -0.39 is 38.2 Å². The SMILES string of the molecule is CC(C)(C)c1ccc(-c2c(O[PH](=O)O)c(-c3ccc(C(C)(C)C)cc3C(C)(C)C)c(-c3ccc(C(C)(C)C)cc3C(C)(C)C)c(-c3ccc(O[PH](=O)O)cc3)c2-c2ccc(C(C)(C)C)cc2C(C)(C)C)c(C(C)(C)C)c1. The van der Waals surface area contributed by atoms with Gasteiger partial charge >= 0.3 is 16.5 Å². The highest BCUT2D eigenvalue weighted by Crippen LogP contribution is 2.61. The quantitative estimate of drug-likeness (QED) is 0.140. The van der Waals surface area contributed by atoms with Gasteiger partial charge in [0.2, 0.25) is 0 Å². The lowest BCUT2D eigenvalue weighted by Gasteiger charge is -2.36. The first kappa shape index (κ1) is 60.5. The monoisotopic (exact) mass is 1070 g/mol. The minimum Gasteiger partial charge on any atom is -0.426 e. The Hall–Kier alpha value is -4.70. The fourth-order valence-electron chi connectivity index (χ4n) is 10.4. The van der Waals surface area contributed by atoms with E-state index in [2.05, 4.69) is 239 Å². The molecule has 0 amide bonds. The van der Waals surface area contributed by atoms with Crippen LogP contribution in [-0.4, -0.2) is 9.79 Å². The number of hydrogen-bond donors (Lipinski definition) is 2. The van der Waals surface area contributed by atoms with Crippen molar-refractivity contribution < 1.29 is 28.0 Å². The molecule has 0 heterocycles. The summed E-state index contributed by atoms with van der Waals surface area (Å²) in [7, 11) is -7.06. The molecule has 0 saturated heterocycles. The first-order valence-corrected chi connectivity index (χ1v) is 29.7. The molecule has 0 fully saturated rings. The largest absolute Gasteiger partial charge is 0.426 e. The molecule has 2 N–H and O–H groups in total. The molecule has 76 heavy (non-hydrogen) atoms. The van der Waals surface area contributed by atoms with Gasteiger partial charge in [-0.25, -0.2) is 9.13 Å². The molecule has 8 heteroatoms. The molecule has 2 unspecified atom stereocenters. The maximum atomic E-state index is 14.3. The van der Waals surface area contributed by atoms with Crippen molar-refractivity contribution in [2.45, 2.75) is 209 Å². The van der Waals surface area contributed by atoms with Crippen LogP contribution in [0.4, 0.5) is 0 Å². The molecule has 0 bridgehead atoms. The normalized spacial score (nSPS) is 14.2. The molecule has 6 nitrogen and oxygen atoms in total. The van der Waals surface area contributed by atoms with E-state index in [4.69, 9.17) is 9.05 Å². The van der Waals surface area contributed by atoms with E-state index >= 15 is 0 Å². The highest BCUT2D eigenvalue weighted by Gasteiger charge is 2.39. The zero-order valence-corrected chi connectivity index (χ0v) is 52.8. The Labute approximate surface area is 460 Å². The van der Waals surface area contributed by atoms with Crippen molar-refractivity contribution in [3.8, 4) is 67.1 Å². The van der Waals surface area contributed by atoms with Crippen LogP contribution in [0.15, 0.2) is 97.1 Å². The van der Waals surface area contributed by atoms with Gasteiger partial charge in [0.15, 0.2) is 0 Å². The van der Waals surface area contributed by atoms with Crippen molar-refractivity contribution in [3.05, 3.63) is 142 Å². The molecule has 0 saturated carbocycles. The highest BCUT2D eigenvalue weighted by molar-refractivity contribution is 7.32. The van der Waals surface area contributed by atoms with Gasteiger partial charge in [0.05, 0.1) is 0 Å². The van der Waals surface area contributed by atoms with E-state index in [9.17, 15) is 18.9 Å². The van der Waals surface area contributed by atoms with Gasteiger partial charge in [-0.3, -0.25) is 0 Å². The second kappa shape index (κ2) is 20.8. The standard InChI is InChI=1S/C68H92O6P2/c1-61(2,3)42-27-33-47(51(37-42)65(13,14)15)56-55(41-25-31-46(32-26-41)73-75(69)70)57(48-34-28-43(62(4,5)6)38-52(48)66(16,17)18)59(50-36-30-45(64(10,11)12)40-54(50)68(22,23)24)60(74-76(71)72)58(56)49-35-29-44(63(7,8)9)39-53(49)67(19,20)21/h25-40,75-76H,1-24H3,(H,69,70)(H,71,72). The first-order chi connectivity index (χ1) is 34.4. The van der Waals surface area contributed by atoms with Gasteiger partial charge in [0, 0.05) is 22.3 Å². The summed E-state index contributed by atoms with van der Waals surface area (Å²) in [6.45, 7) is 53.8. The maximum Gasteiger partial charge on any atom is 0.365 e. The minimum absolute atomic E-state index is 0.185. The lowest BCUT2D eigenvalue weighted by molar-refractivity contribution is 0.409. The molecule has 0 aliphatic rings. The van der Waals surface area contributed by atoms with Crippen LogP contribution in [0.25, 0.3) is 55.6 Å². The van der Waals surface area contributed by atoms with Crippen LogP contribution in [0.2, 0.25) is 0 Å². The molecular formula is C68H92O6P2. The maximum absolute atomic E-state index is 14.3. The summed E-state index contributed by atoms with van der Waals surface area (Å²) in [6.07, 6.45) is 0. The summed E-state index contributed by atoms with van der Waals surface area (Å²) in [4.78, 5) is 21.8. The van der Waals surface area contributed by atoms with E-state index in [1.807, 2.05) is 12.1 Å². The van der Waals surface area contributed by atoms with Crippen LogP contribution in [0.3, 0.4) is 0 Å². The summed E-state index contributed by atoms with van der Waals surface area (Å²) >= 11 is 0. The van der Waals surface area contributed by atoms with Gasteiger partial charge in [-0.2, -0.15) is 0 Å². The van der Waals surface area contributed by atoms with Crippen LogP contribution in [0.5, 0.6) is 11.5 Å². The zero-order valence-electron chi connectivity index (χ0n) is 50.8. The van der Waals surface area contributed by atoms with Gasteiger partial charge in [0.25, 0.3) is 0 Å². The van der Waals surface area contributed by atoms with Gasteiger partial charge < -0.3 is 18.8 Å². The van der Waals surface area contributed by atoms with Crippen LogP contribution in [0.1, 0.15) is 211 Å². The van der Waals surface area contributed by atoms with Crippen LogP contribution in [-0.2, 0) is 52.5 Å². The molecule has 0 aliphatic heterocycles. The molecule has 410 valence electrons. The number of rotatable bonds is 9. The predicted molar refractivity (Wildman–Crippen MR) is 327 cm³/mol. The van der Waals surface area contributed by atoms with E-state index in [1.54, 1.807) is 12.1 Å². The molecule has 0 spiro atoms. The number of hydrogen-bond acceptors (Lipinski definition) is 4. The summed E-state index contributed by atoms with van der Waals surface area (Å²) in [5.41, 5.74) is 15.2. The third kappa shape index (κ3) is 13.1. The Balaban J connectivity index is 2.21. The predicted octanol–water partition coefficient (Wildman–Crippen LogP) is 19.9. The third-order valence-corrected chi connectivity index (χ3v) is 15.6. The lowest BCUT2D eigenvalue weighted by Crippen LogP contribution is -2.20.